The first kappa shape index (κ1) is 13.4. The lowest BCUT2D eigenvalue weighted by molar-refractivity contribution is -0.385. The van der Waals surface area contributed by atoms with Gasteiger partial charge in [-0.05, 0) is 0 Å². The largest absolute Gasteiger partial charge is 0.481 e. The molecule has 18 heavy (non-hydrogen) atoms. The first-order valence-electron chi connectivity index (χ1n) is 4.81. The highest BCUT2D eigenvalue weighted by Gasteiger charge is 2.16. The second-order valence-electron chi connectivity index (χ2n) is 3.28. The third kappa shape index (κ3) is 3.40. The van der Waals surface area contributed by atoms with Crippen molar-refractivity contribution in [2.75, 3.05) is 11.9 Å². The van der Waals surface area contributed by atoms with Crippen LogP contribution in [-0.4, -0.2) is 33.4 Å². The van der Waals surface area contributed by atoms with Gasteiger partial charge in [-0.3, -0.25) is 19.7 Å². The van der Waals surface area contributed by atoms with E-state index in [1.165, 1.54) is 0 Å². The molecule has 0 aliphatic carbocycles. The Kier molecular flexibility index (Phi) is 4.13. The number of hydrogen-bond donors (Lipinski definition) is 3. The Hall–Kier alpha value is -2.71. The number of pyridine rings is 1. The maximum Gasteiger partial charge on any atom is 0.305 e. The molecule has 0 unspecified atom stereocenters. The van der Waals surface area contributed by atoms with E-state index in [-0.39, 0.29) is 30.0 Å². The van der Waals surface area contributed by atoms with Crippen molar-refractivity contribution in [1.29, 1.82) is 0 Å². The zero-order chi connectivity index (χ0) is 13.7. The fraction of sp³-hybridized carbons (Fsp3) is 0.222. The lowest BCUT2D eigenvalue weighted by Gasteiger charge is -2.07. The molecular weight excluding hydrogens is 244 g/mol. The highest BCUT2D eigenvalue weighted by atomic mass is 16.6. The van der Waals surface area contributed by atoms with Crippen LogP contribution in [0, 0.1) is 10.1 Å². The van der Waals surface area contributed by atoms with Crippen molar-refractivity contribution in [3.8, 4) is 0 Å². The van der Waals surface area contributed by atoms with E-state index in [2.05, 4.69) is 10.3 Å². The van der Waals surface area contributed by atoms with Gasteiger partial charge in [0, 0.05) is 12.6 Å². The molecule has 0 saturated carbocycles. The summed E-state index contributed by atoms with van der Waals surface area (Å²) in [6, 6.07) is 0.985. The standard InChI is InChI=1S/C9H10N4O5/c10-8(16)6-3-5(13(17)18)4-12-9(6)11-2-1-7(14)15/h3-4H,1-2H2,(H2,10,16)(H,11,12)(H,14,15). The van der Waals surface area contributed by atoms with Gasteiger partial charge >= 0.3 is 5.97 Å². The third-order valence-electron chi connectivity index (χ3n) is 1.98. The Morgan fingerprint density at radius 1 is 1.56 bits per heavy atom. The third-order valence-corrected chi connectivity index (χ3v) is 1.98. The van der Waals surface area contributed by atoms with Gasteiger partial charge in [-0.2, -0.15) is 0 Å². The van der Waals surface area contributed by atoms with Crippen molar-refractivity contribution >= 4 is 23.4 Å². The second-order valence-corrected chi connectivity index (χ2v) is 3.28. The van der Waals surface area contributed by atoms with Crippen LogP contribution in [0.3, 0.4) is 0 Å². The van der Waals surface area contributed by atoms with Gasteiger partial charge in [-0.25, -0.2) is 4.98 Å². The fourth-order valence-corrected chi connectivity index (χ4v) is 1.17. The van der Waals surface area contributed by atoms with E-state index in [0.717, 1.165) is 12.3 Å². The molecular formula is C9H10N4O5. The summed E-state index contributed by atoms with van der Waals surface area (Å²) in [5.41, 5.74) is 4.53. The van der Waals surface area contributed by atoms with Crippen molar-refractivity contribution in [3.63, 3.8) is 0 Å². The number of nitro groups is 1. The van der Waals surface area contributed by atoms with Crippen molar-refractivity contribution in [2.45, 2.75) is 6.42 Å². The normalized spacial score (nSPS) is 9.78. The molecule has 0 radical (unpaired) electrons. The van der Waals surface area contributed by atoms with Gasteiger partial charge < -0.3 is 16.2 Å². The number of aliphatic carboxylic acids is 1. The summed E-state index contributed by atoms with van der Waals surface area (Å²) >= 11 is 0. The molecule has 1 aromatic heterocycles. The second kappa shape index (κ2) is 5.57. The minimum atomic E-state index is -1.02. The summed E-state index contributed by atoms with van der Waals surface area (Å²) in [5.74, 6) is -1.89. The molecule has 0 aliphatic rings. The van der Waals surface area contributed by atoms with E-state index >= 15 is 0 Å². The number of amides is 1. The molecule has 0 aromatic carbocycles. The van der Waals surface area contributed by atoms with Gasteiger partial charge in [-0.15, -0.1) is 0 Å². The Morgan fingerprint density at radius 3 is 2.72 bits per heavy atom. The number of carboxylic acid groups (broad SMARTS) is 1. The molecule has 1 heterocycles. The van der Waals surface area contributed by atoms with Gasteiger partial charge in [-0.1, -0.05) is 0 Å². The van der Waals surface area contributed by atoms with Gasteiger partial charge in [0.25, 0.3) is 11.6 Å². The fourth-order valence-electron chi connectivity index (χ4n) is 1.17. The quantitative estimate of drug-likeness (QED) is 0.476. The number of carbonyl (C=O) groups excluding carboxylic acids is 1. The van der Waals surface area contributed by atoms with Crippen LogP contribution in [-0.2, 0) is 4.79 Å². The zero-order valence-electron chi connectivity index (χ0n) is 9.12. The number of rotatable bonds is 6. The molecule has 0 saturated heterocycles. The molecule has 4 N–H and O–H groups in total. The Bertz CT molecular complexity index is 502. The smallest absolute Gasteiger partial charge is 0.305 e. The highest BCUT2D eigenvalue weighted by Crippen LogP contribution is 2.18. The van der Waals surface area contributed by atoms with Gasteiger partial charge in [0.05, 0.1) is 16.9 Å². The molecule has 9 nitrogen and oxygen atoms in total. The SMILES string of the molecule is NC(=O)c1cc([N+](=O)[O-])cnc1NCCC(=O)O. The monoisotopic (exact) mass is 254 g/mol. The number of primary amides is 1. The van der Waals surface area contributed by atoms with Gasteiger partial charge in [0.1, 0.15) is 12.0 Å². The van der Waals surface area contributed by atoms with Crippen LogP contribution >= 0.6 is 0 Å². The molecule has 96 valence electrons. The topological polar surface area (TPSA) is 148 Å². The molecule has 0 atom stereocenters. The molecule has 0 bridgehead atoms. The summed E-state index contributed by atoms with van der Waals surface area (Å²) < 4.78 is 0. The number of nitrogens with two attached hydrogens (primary N) is 1. The lowest BCUT2D eigenvalue weighted by Crippen LogP contribution is -2.17. The zero-order valence-corrected chi connectivity index (χ0v) is 9.12. The maximum absolute atomic E-state index is 11.1. The summed E-state index contributed by atoms with van der Waals surface area (Å²) in [6.07, 6.45) is 0.770. The van der Waals surface area contributed by atoms with Crippen molar-refractivity contribution in [1.82, 2.24) is 4.98 Å². The summed E-state index contributed by atoms with van der Waals surface area (Å²) in [7, 11) is 0. The number of carboxylic acids is 1. The van der Waals surface area contributed by atoms with E-state index in [0.29, 0.717) is 0 Å². The van der Waals surface area contributed by atoms with E-state index in [1.807, 2.05) is 0 Å². The van der Waals surface area contributed by atoms with E-state index in [4.69, 9.17) is 10.8 Å². The number of aromatic nitrogens is 1. The number of nitrogens with one attached hydrogen (secondary N) is 1. The Balaban J connectivity index is 2.93. The molecule has 9 heteroatoms. The van der Waals surface area contributed by atoms with E-state index < -0.39 is 16.8 Å². The van der Waals surface area contributed by atoms with Crippen LogP contribution in [0.2, 0.25) is 0 Å². The number of hydrogen-bond acceptors (Lipinski definition) is 6. The summed E-state index contributed by atoms with van der Waals surface area (Å²) in [6.45, 7) is 0.0282. The number of carbonyl (C=O) groups is 2. The minimum Gasteiger partial charge on any atom is -0.481 e. The van der Waals surface area contributed by atoms with Gasteiger partial charge in [0.2, 0.25) is 0 Å². The first-order valence-corrected chi connectivity index (χ1v) is 4.81. The highest BCUT2D eigenvalue weighted by molar-refractivity contribution is 5.98. The van der Waals surface area contributed by atoms with Crippen LogP contribution in [0.5, 0.6) is 0 Å². The molecule has 1 rings (SSSR count). The average molecular weight is 254 g/mol. The first-order chi connectivity index (χ1) is 8.41. The Morgan fingerprint density at radius 2 is 2.22 bits per heavy atom. The lowest BCUT2D eigenvalue weighted by atomic mass is 10.2. The summed E-state index contributed by atoms with van der Waals surface area (Å²) in [5, 5.41) is 21.5. The predicted molar refractivity (Wildman–Crippen MR) is 60.2 cm³/mol. The molecule has 0 fully saturated rings. The molecule has 0 aliphatic heterocycles. The van der Waals surface area contributed by atoms with E-state index in [1.54, 1.807) is 0 Å². The van der Waals surface area contributed by atoms with Crippen LogP contribution in [0.25, 0.3) is 0 Å². The maximum atomic E-state index is 11.1. The van der Waals surface area contributed by atoms with Crippen molar-refractivity contribution in [2.24, 2.45) is 5.73 Å². The minimum absolute atomic E-state index is 0.0225. The van der Waals surface area contributed by atoms with Gasteiger partial charge in [0.15, 0.2) is 0 Å². The molecule has 1 amide bonds. The van der Waals surface area contributed by atoms with E-state index in [9.17, 15) is 19.7 Å². The molecule has 1 aromatic rings. The molecule has 0 spiro atoms. The van der Waals surface area contributed by atoms with Crippen molar-refractivity contribution in [3.05, 3.63) is 27.9 Å². The number of nitrogens with zero attached hydrogens (tertiary/aromatic N) is 2. The van der Waals surface area contributed by atoms with Crippen molar-refractivity contribution < 1.29 is 19.6 Å². The van der Waals surface area contributed by atoms with Crippen LogP contribution in [0.1, 0.15) is 16.8 Å². The van der Waals surface area contributed by atoms with Crippen LogP contribution in [0.4, 0.5) is 11.5 Å². The Labute approximate surface area is 101 Å². The average Bonchev–Trinajstić information content (AvgIpc) is 2.28. The predicted octanol–water partition coefficient (Wildman–Crippen LogP) is -0.0247. The van der Waals surface area contributed by atoms with Crippen LogP contribution in [0.15, 0.2) is 12.3 Å². The number of anilines is 1. The van der Waals surface area contributed by atoms with Crippen LogP contribution < -0.4 is 11.1 Å². The summed E-state index contributed by atoms with van der Waals surface area (Å²) in [4.78, 5) is 34.9.